The molecule has 10 heteroatoms. The van der Waals surface area contributed by atoms with Crippen molar-refractivity contribution in [3.63, 3.8) is 0 Å². The maximum Gasteiger partial charge on any atom is 0.322 e. The minimum Gasteiger partial charge on any atom is -0.467 e. The molecule has 2 rings (SSSR count). The predicted octanol–water partition coefficient (Wildman–Crippen LogP) is -0.614. The first-order chi connectivity index (χ1) is 8.91. The van der Waals surface area contributed by atoms with Gasteiger partial charge in [0, 0.05) is 24.3 Å². The Morgan fingerprint density at radius 1 is 1.42 bits per heavy atom. The van der Waals surface area contributed by atoms with Crippen LogP contribution in [0.1, 0.15) is 0 Å². The van der Waals surface area contributed by atoms with Crippen molar-refractivity contribution in [3.8, 4) is 6.01 Å². The molecule has 0 saturated carbocycles. The third-order valence-electron chi connectivity index (χ3n) is 2.64. The van der Waals surface area contributed by atoms with Crippen LogP contribution in [0.3, 0.4) is 0 Å². The summed E-state index contributed by atoms with van der Waals surface area (Å²) in [6.07, 6.45) is 1.21. The van der Waals surface area contributed by atoms with Crippen LogP contribution in [-0.4, -0.2) is 60.2 Å². The van der Waals surface area contributed by atoms with Gasteiger partial charge in [-0.3, -0.25) is 0 Å². The Bertz CT molecular complexity index is 565. The largest absolute Gasteiger partial charge is 0.467 e. The Morgan fingerprint density at radius 3 is 2.79 bits per heavy atom. The van der Waals surface area contributed by atoms with Crippen molar-refractivity contribution >= 4 is 33.5 Å². The minimum absolute atomic E-state index is 0.00678. The molecule has 0 radical (unpaired) electrons. The number of nitrogens with zero attached hydrogens (tertiary/aromatic N) is 4. The summed E-state index contributed by atoms with van der Waals surface area (Å²) in [4.78, 5) is 13.5. The van der Waals surface area contributed by atoms with Crippen LogP contribution in [-0.2, 0) is 9.84 Å². The van der Waals surface area contributed by atoms with Crippen molar-refractivity contribution < 1.29 is 13.2 Å². The average Bonchev–Trinajstić information content (AvgIpc) is 2.37. The van der Waals surface area contributed by atoms with Crippen molar-refractivity contribution in [3.05, 3.63) is 0 Å². The highest BCUT2D eigenvalue weighted by Crippen LogP contribution is 2.25. The Hall–Kier alpha value is -1.29. The van der Waals surface area contributed by atoms with Crippen LogP contribution in [0.2, 0.25) is 0 Å². The molecule has 1 fully saturated rings. The fourth-order valence-electron chi connectivity index (χ4n) is 1.75. The fraction of sp³-hybridized carbons (Fsp3) is 0.667. The summed E-state index contributed by atoms with van der Waals surface area (Å²) in [6.45, 7) is 0.537. The van der Waals surface area contributed by atoms with Gasteiger partial charge in [0.1, 0.15) is 5.37 Å². The van der Waals surface area contributed by atoms with E-state index in [1.54, 1.807) is 16.7 Å². The van der Waals surface area contributed by atoms with Gasteiger partial charge in [0.2, 0.25) is 11.9 Å². The molecule has 0 spiro atoms. The Morgan fingerprint density at radius 2 is 2.16 bits per heavy atom. The zero-order chi connectivity index (χ0) is 14.0. The summed E-state index contributed by atoms with van der Waals surface area (Å²) >= 11 is 1.59. The van der Waals surface area contributed by atoms with E-state index in [-0.39, 0.29) is 17.9 Å². The average molecular weight is 305 g/mol. The van der Waals surface area contributed by atoms with Crippen molar-refractivity contribution in [2.24, 2.45) is 0 Å². The number of rotatable bonds is 3. The number of anilines is 2. The van der Waals surface area contributed by atoms with Gasteiger partial charge < -0.3 is 15.4 Å². The van der Waals surface area contributed by atoms with Gasteiger partial charge in [0.15, 0.2) is 9.84 Å². The Kier molecular flexibility index (Phi) is 3.99. The fourth-order valence-corrected chi connectivity index (χ4v) is 4.56. The maximum absolute atomic E-state index is 11.8. The molecule has 19 heavy (non-hydrogen) atoms. The highest BCUT2D eigenvalue weighted by atomic mass is 32.2. The lowest BCUT2D eigenvalue weighted by Gasteiger charge is -2.33. The molecule has 1 aromatic heterocycles. The normalized spacial score (nSPS) is 20.3. The van der Waals surface area contributed by atoms with E-state index in [0.29, 0.717) is 12.3 Å². The topological polar surface area (TPSA) is 111 Å². The second-order valence-electron chi connectivity index (χ2n) is 4.03. The van der Waals surface area contributed by atoms with E-state index in [1.807, 2.05) is 0 Å². The lowest BCUT2D eigenvalue weighted by atomic mass is 10.5. The third-order valence-corrected chi connectivity index (χ3v) is 5.28. The smallest absolute Gasteiger partial charge is 0.322 e. The van der Waals surface area contributed by atoms with Crippen LogP contribution in [0.5, 0.6) is 6.01 Å². The zero-order valence-electron chi connectivity index (χ0n) is 10.6. The first-order valence-electron chi connectivity index (χ1n) is 5.50. The first-order valence-corrected chi connectivity index (χ1v) is 8.61. The van der Waals surface area contributed by atoms with Gasteiger partial charge in [0.05, 0.1) is 7.11 Å². The summed E-state index contributed by atoms with van der Waals surface area (Å²) in [6, 6.07) is 0.0768. The van der Waals surface area contributed by atoms with E-state index in [2.05, 4.69) is 15.0 Å². The van der Waals surface area contributed by atoms with E-state index in [9.17, 15) is 8.42 Å². The molecule has 1 aliphatic heterocycles. The SMILES string of the molecule is COc1nc(N)nc(N2CCSCC2S(C)(=O)=O)n1. The molecule has 106 valence electrons. The molecular weight excluding hydrogens is 290 g/mol. The number of methoxy groups -OCH3 is 1. The van der Waals surface area contributed by atoms with E-state index in [0.717, 1.165) is 5.75 Å². The quantitative estimate of drug-likeness (QED) is 0.781. The number of nitrogen functional groups attached to an aromatic ring is 1. The monoisotopic (exact) mass is 305 g/mol. The summed E-state index contributed by atoms with van der Waals surface area (Å²) in [5, 5.41) is -0.655. The standard InChI is InChI=1S/C9H15N5O3S2/c1-17-9-12-7(10)11-8(13-9)14-3-4-18-5-6(14)19(2,15)16/h6H,3-5H2,1-2H3,(H2,10,11,12,13). The molecular formula is C9H15N5O3S2. The van der Waals surface area contributed by atoms with Gasteiger partial charge in [-0.2, -0.15) is 26.7 Å². The number of hydrogen-bond acceptors (Lipinski definition) is 9. The summed E-state index contributed by atoms with van der Waals surface area (Å²) in [5.41, 5.74) is 5.57. The number of sulfone groups is 1. The van der Waals surface area contributed by atoms with E-state index >= 15 is 0 Å². The minimum atomic E-state index is -3.23. The van der Waals surface area contributed by atoms with Crippen LogP contribution >= 0.6 is 11.8 Å². The first kappa shape index (κ1) is 14.1. The van der Waals surface area contributed by atoms with Gasteiger partial charge in [-0.1, -0.05) is 0 Å². The second kappa shape index (κ2) is 5.37. The third kappa shape index (κ3) is 3.18. The summed E-state index contributed by atoms with van der Waals surface area (Å²) in [5.74, 6) is 1.53. The van der Waals surface area contributed by atoms with Crippen LogP contribution in [0.15, 0.2) is 0 Å². The molecule has 0 aliphatic carbocycles. The van der Waals surface area contributed by atoms with Gasteiger partial charge in [-0.15, -0.1) is 0 Å². The highest BCUT2D eigenvalue weighted by Gasteiger charge is 2.33. The number of aromatic nitrogens is 3. The molecule has 1 aromatic rings. The molecule has 0 bridgehead atoms. The molecule has 1 atom stereocenters. The Balaban J connectivity index is 2.40. The molecule has 1 aliphatic rings. The summed E-state index contributed by atoms with van der Waals surface area (Å²) < 4.78 is 28.6. The maximum atomic E-state index is 11.8. The van der Waals surface area contributed by atoms with Gasteiger partial charge in [0.25, 0.3) is 0 Å². The predicted molar refractivity (Wildman–Crippen MR) is 74.1 cm³/mol. The van der Waals surface area contributed by atoms with E-state index in [1.165, 1.54) is 13.4 Å². The van der Waals surface area contributed by atoms with Crippen LogP contribution in [0.4, 0.5) is 11.9 Å². The van der Waals surface area contributed by atoms with Gasteiger partial charge in [-0.25, -0.2) is 8.42 Å². The van der Waals surface area contributed by atoms with Crippen LogP contribution in [0.25, 0.3) is 0 Å². The van der Waals surface area contributed by atoms with Gasteiger partial charge >= 0.3 is 6.01 Å². The molecule has 1 saturated heterocycles. The molecule has 0 aromatic carbocycles. The molecule has 2 N–H and O–H groups in total. The lowest BCUT2D eigenvalue weighted by molar-refractivity contribution is 0.378. The highest BCUT2D eigenvalue weighted by molar-refractivity contribution is 8.01. The number of nitrogens with two attached hydrogens (primary N) is 1. The summed E-state index contributed by atoms with van der Waals surface area (Å²) in [7, 11) is -1.82. The molecule has 0 amide bonds. The molecule has 2 heterocycles. The van der Waals surface area contributed by atoms with E-state index in [4.69, 9.17) is 10.5 Å². The Labute approximate surface area is 115 Å². The van der Waals surface area contributed by atoms with E-state index < -0.39 is 15.2 Å². The molecule has 8 nitrogen and oxygen atoms in total. The second-order valence-corrected chi connectivity index (χ2v) is 7.39. The van der Waals surface area contributed by atoms with Crippen LogP contribution in [0, 0.1) is 0 Å². The van der Waals surface area contributed by atoms with Gasteiger partial charge in [-0.05, 0) is 0 Å². The van der Waals surface area contributed by atoms with Crippen molar-refractivity contribution in [1.82, 2.24) is 15.0 Å². The number of hydrogen-bond donors (Lipinski definition) is 1. The van der Waals surface area contributed by atoms with Crippen molar-refractivity contribution in [2.45, 2.75) is 5.37 Å². The lowest BCUT2D eigenvalue weighted by Crippen LogP contribution is -2.47. The number of ether oxygens (including phenoxy) is 1. The zero-order valence-corrected chi connectivity index (χ0v) is 12.2. The molecule has 1 unspecified atom stereocenters. The number of thioether (sulfide) groups is 1. The van der Waals surface area contributed by atoms with Crippen molar-refractivity contribution in [1.29, 1.82) is 0 Å². The van der Waals surface area contributed by atoms with Crippen molar-refractivity contribution in [2.75, 3.05) is 42.0 Å². The van der Waals surface area contributed by atoms with Crippen LogP contribution < -0.4 is 15.4 Å².